The molecule has 0 saturated heterocycles. The number of likely N-dealkylation sites (N-methyl/N-ethyl adjacent to an activating group) is 1. The normalized spacial score (nSPS) is 13.2. The predicted octanol–water partition coefficient (Wildman–Crippen LogP) is 2.65. The van der Waals surface area contributed by atoms with Crippen LogP contribution in [0.2, 0.25) is 0 Å². The van der Waals surface area contributed by atoms with Crippen molar-refractivity contribution in [2.45, 2.75) is 39.5 Å². The van der Waals surface area contributed by atoms with E-state index in [-0.39, 0.29) is 37.0 Å². The van der Waals surface area contributed by atoms with Crippen molar-refractivity contribution < 1.29 is 19.1 Å². The van der Waals surface area contributed by atoms with Crippen LogP contribution in [0.25, 0.3) is 0 Å². The van der Waals surface area contributed by atoms with Crippen LogP contribution in [-0.2, 0) is 9.59 Å². The van der Waals surface area contributed by atoms with E-state index in [2.05, 4.69) is 6.92 Å². The zero-order valence-corrected chi connectivity index (χ0v) is 15.2. The summed E-state index contributed by atoms with van der Waals surface area (Å²) in [5, 5.41) is 0. The summed E-state index contributed by atoms with van der Waals surface area (Å²) in [6.07, 6.45) is 2.38. The van der Waals surface area contributed by atoms with Crippen LogP contribution in [-0.4, -0.2) is 49.2 Å². The van der Waals surface area contributed by atoms with E-state index in [0.717, 1.165) is 19.4 Å². The number of rotatable bonds is 8. The molecule has 0 aliphatic carbocycles. The second-order valence-electron chi connectivity index (χ2n) is 6.17. The Morgan fingerprint density at radius 1 is 1.24 bits per heavy atom. The van der Waals surface area contributed by atoms with Crippen molar-refractivity contribution in [3.05, 3.63) is 23.8 Å². The second-order valence-corrected chi connectivity index (χ2v) is 6.17. The lowest BCUT2D eigenvalue weighted by atomic mass is 10.0. The number of amides is 2. The van der Waals surface area contributed by atoms with Gasteiger partial charge in [0.1, 0.15) is 5.75 Å². The molecule has 136 valence electrons. The van der Waals surface area contributed by atoms with Crippen LogP contribution >= 0.6 is 0 Å². The molecule has 0 radical (unpaired) electrons. The Bertz CT molecular complexity index is 657. The maximum Gasteiger partial charge on any atom is 0.264 e. The predicted molar refractivity (Wildman–Crippen MR) is 96.1 cm³/mol. The number of hydrogen-bond donors (Lipinski definition) is 0. The lowest BCUT2D eigenvalue weighted by Crippen LogP contribution is -2.35. The fourth-order valence-corrected chi connectivity index (χ4v) is 2.78. The third kappa shape index (κ3) is 4.59. The first-order valence-electron chi connectivity index (χ1n) is 8.82. The van der Waals surface area contributed by atoms with Crippen molar-refractivity contribution in [1.29, 1.82) is 0 Å². The van der Waals surface area contributed by atoms with Gasteiger partial charge in [-0.3, -0.25) is 14.4 Å². The van der Waals surface area contributed by atoms with Crippen molar-refractivity contribution in [2.75, 3.05) is 31.6 Å². The summed E-state index contributed by atoms with van der Waals surface area (Å²) in [7, 11) is 1.66. The Morgan fingerprint density at radius 2 is 2.00 bits per heavy atom. The maximum atomic E-state index is 12.4. The number of fused-ring (bicyclic) bond motifs is 1. The van der Waals surface area contributed by atoms with Crippen LogP contribution in [0.4, 0.5) is 5.69 Å². The zero-order chi connectivity index (χ0) is 18.4. The van der Waals surface area contributed by atoms with Gasteiger partial charge in [0.25, 0.3) is 5.91 Å². The van der Waals surface area contributed by atoms with Gasteiger partial charge in [-0.05, 0) is 31.5 Å². The van der Waals surface area contributed by atoms with Gasteiger partial charge in [0.2, 0.25) is 5.91 Å². The minimum Gasteiger partial charge on any atom is -0.482 e. The smallest absolute Gasteiger partial charge is 0.264 e. The monoisotopic (exact) mass is 346 g/mol. The number of carbonyl (C=O) groups is 3. The number of ether oxygens (including phenoxy) is 1. The molecule has 0 saturated carbocycles. The van der Waals surface area contributed by atoms with Crippen LogP contribution in [0.3, 0.4) is 0 Å². The Labute approximate surface area is 148 Å². The first kappa shape index (κ1) is 19.0. The quantitative estimate of drug-likeness (QED) is 0.679. The molecular formula is C19H26N2O4. The van der Waals surface area contributed by atoms with Crippen LogP contribution in [0.5, 0.6) is 5.75 Å². The highest BCUT2D eigenvalue weighted by Gasteiger charge is 2.23. The molecule has 0 bridgehead atoms. The van der Waals surface area contributed by atoms with Gasteiger partial charge in [-0.2, -0.15) is 0 Å². The average molecular weight is 346 g/mol. The van der Waals surface area contributed by atoms with E-state index in [4.69, 9.17) is 4.74 Å². The Morgan fingerprint density at radius 3 is 2.68 bits per heavy atom. The Kier molecular flexibility index (Phi) is 6.56. The first-order chi connectivity index (χ1) is 12.0. The van der Waals surface area contributed by atoms with Gasteiger partial charge in [-0.25, -0.2) is 0 Å². The van der Waals surface area contributed by atoms with Gasteiger partial charge in [0, 0.05) is 38.5 Å². The van der Waals surface area contributed by atoms with Crippen LogP contribution in [0.1, 0.15) is 49.9 Å². The summed E-state index contributed by atoms with van der Waals surface area (Å²) in [6.45, 7) is 5.45. The highest BCUT2D eigenvalue weighted by Crippen LogP contribution is 2.32. The van der Waals surface area contributed by atoms with E-state index in [1.165, 1.54) is 4.90 Å². The van der Waals surface area contributed by atoms with Crippen LogP contribution in [0.15, 0.2) is 18.2 Å². The summed E-state index contributed by atoms with van der Waals surface area (Å²) in [5.41, 5.74) is 1.08. The van der Waals surface area contributed by atoms with Crippen molar-refractivity contribution in [1.82, 2.24) is 4.90 Å². The van der Waals surface area contributed by atoms with Gasteiger partial charge in [-0.1, -0.05) is 13.3 Å². The molecule has 6 heteroatoms. The number of carbonyl (C=O) groups excluding carboxylic acids is 3. The fraction of sp³-hybridized carbons (Fsp3) is 0.526. The molecule has 0 aromatic heterocycles. The number of benzene rings is 1. The molecule has 25 heavy (non-hydrogen) atoms. The molecule has 1 heterocycles. The van der Waals surface area contributed by atoms with Gasteiger partial charge < -0.3 is 14.5 Å². The summed E-state index contributed by atoms with van der Waals surface area (Å²) >= 11 is 0. The SMILES string of the molecule is CCCCN(CC)C(=O)CCC(=O)c1ccc2c(c1)N(C)C(=O)CO2. The van der Waals surface area contributed by atoms with Crippen LogP contribution < -0.4 is 9.64 Å². The van der Waals surface area contributed by atoms with E-state index in [1.54, 1.807) is 30.1 Å². The number of hydrogen-bond acceptors (Lipinski definition) is 4. The molecule has 1 aliphatic rings. The second kappa shape index (κ2) is 8.65. The molecule has 1 aromatic carbocycles. The van der Waals surface area contributed by atoms with E-state index in [0.29, 0.717) is 23.5 Å². The average Bonchev–Trinajstić information content (AvgIpc) is 2.63. The minimum absolute atomic E-state index is 0.00983. The van der Waals surface area contributed by atoms with Crippen molar-refractivity contribution in [3.63, 3.8) is 0 Å². The van der Waals surface area contributed by atoms with Gasteiger partial charge in [-0.15, -0.1) is 0 Å². The summed E-state index contributed by atoms with van der Waals surface area (Å²) < 4.78 is 5.36. The van der Waals surface area contributed by atoms with E-state index >= 15 is 0 Å². The molecule has 0 atom stereocenters. The standard InChI is InChI=1S/C19H26N2O4/c1-4-6-11-21(5-2)18(23)10-8-16(22)14-7-9-17-15(12-14)20(3)19(24)13-25-17/h7,9,12H,4-6,8,10-11,13H2,1-3H3. The topological polar surface area (TPSA) is 66.9 Å². The van der Waals surface area contributed by atoms with Crippen molar-refractivity contribution >= 4 is 23.3 Å². The third-order valence-corrected chi connectivity index (χ3v) is 4.45. The maximum absolute atomic E-state index is 12.4. The Balaban J connectivity index is 1.99. The van der Waals surface area contributed by atoms with E-state index in [9.17, 15) is 14.4 Å². The lowest BCUT2D eigenvalue weighted by molar-refractivity contribution is -0.131. The molecule has 1 aliphatic heterocycles. The molecule has 0 unspecified atom stereocenters. The molecule has 0 N–H and O–H groups in total. The summed E-state index contributed by atoms with van der Waals surface area (Å²) in [6, 6.07) is 5.05. The highest BCUT2D eigenvalue weighted by atomic mass is 16.5. The molecule has 6 nitrogen and oxygen atoms in total. The largest absolute Gasteiger partial charge is 0.482 e. The summed E-state index contributed by atoms with van der Waals surface area (Å²) in [5.74, 6) is 0.347. The molecule has 2 rings (SSSR count). The Hall–Kier alpha value is -2.37. The van der Waals surface area contributed by atoms with E-state index in [1.807, 2.05) is 6.92 Å². The molecule has 0 fully saturated rings. The van der Waals surface area contributed by atoms with Gasteiger partial charge in [0.15, 0.2) is 12.4 Å². The molecule has 2 amide bonds. The first-order valence-corrected chi connectivity index (χ1v) is 8.82. The number of unbranched alkanes of at least 4 members (excludes halogenated alkanes) is 1. The molecular weight excluding hydrogens is 320 g/mol. The lowest BCUT2D eigenvalue weighted by Gasteiger charge is -2.26. The number of ketones is 1. The summed E-state index contributed by atoms with van der Waals surface area (Å²) in [4.78, 5) is 39.7. The van der Waals surface area contributed by atoms with E-state index < -0.39 is 0 Å². The van der Waals surface area contributed by atoms with Crippen molar-refractivity contribution in [3.8, 4) is 5.75 Å². The van der Waals surface area contributed by atoms with Crippen LogP contribution in [0, 0.1) is 0 Å². The van der Waals surface area contributed by atoms with Gasteiger partial charge in [0.05, 0.1) is 5.69 Å². The number of Topliss-reactive ketones (excluding diaryl/α,β-unsaturated/α-hetero) is 1. The molecule has 0 spiro atoms. The number of nitrogens with zero attached hydrogens (tertiary/aromatic N) is 2. The minimum atomic E-state index is -0.151. The van der Waals surface area contributed by atoms with Crippen molar-refractivity contribution in [2.24, 2.45) is 0 Å². The molecule has 1 aromatic rings. The number of anilines is 1. The van der Waals surface area contributed by atoms with Gasteiger partial charge >= 0.3 is 0 Å². The third-order valence-electron chi connectivity index (χ3n) is 4.45. The highest BCUT2D eigenvalue weighted by molar-refractivity contribution is 6.02. The zero-order valence-electron chi connectivity index (χ0n) is 15.2. The fourth-order valence-electron chi connectivity index (χ4n) is 2.78.